The summed E-state index contributed by atoms with van der Waals surface area (Å²) in [7, 11) is 0. The van der Waals surface area contributed by atoms with Gasteiger partial charge in [0.15, 0.2) is 0 Å². The number of hydrogen-bond donors (Lipinski definition) is 0. The Kier molecular flexibility index (Phi) is 5.67. The van der Waals surface area contributed by atoms with E-state index in [1.54, 1.807) is 36.4 Å². The summed E-state index contributed by atoms with van der Waals surface area (Å²) in [5.74, 6) is 0.380. The lowest BCUT2D eigenvalue weighted by molar-refractivity contribution is 0.0729. The summed E-state index contributed by atoms with van der Waals surface area (Å²) < 4.78 is 12.2. The van der Waals surface area contributed by atoms with Gasteiger partial charge in [0.25, 0.3) is 0 Å². The molecule has 0 aliphatic carbocycles. The van der Waals surface area contributed by atoms with E-state index in [0.29, 0.717) is 33.2 Å². The molecule has 0 saturated carbocycles. The molecule has 0 amide bonds. The molecule has 0 N–H and O–H groups in total. The third kappa shape index (κ3) is 4.22. The van der Waals surface area contributed by atoms with Crippen molar-refractivity contribution in [3.63, 3.8) is 0 Å². The molecule has 0 aliphatic heterocycles. The number of carbonyl (C=O) groups is 1. The van der Waals surface area contributed by atoms with Gasteiger partial charge in [-0.1, -0.05) is 27.5 Å². The maximum absolute atomic E-state index is 12.3. The van der Waals surface area contributed by atoms with Gasteiger partial charge in [-0.3, -0.25) is 0 Å². The molecule has 6 heteroatoms. The van der Waals surface area contributed by atoms with Crippen molar-refractivity contribution in [1.82, 2.24) is 0 Å². The first kappa shape index (κ1) is 16.3. The molecule has 2 aromatic rings. The van der Waals surface area contributed by atoms with Crippen LogP contribution in [0.2, 0.25) is 5.02 Å². The van der Waals surface area contributed by atoms with Crippen LogP contribution in [0.5, 0.6) is 11.5 Å². The fourth-order valence-corrected chi connectivity index (χ4v) is 2.78. The highest BCUT2D eigenvalue weighted by Crippen LogP contribution is 2.30. The van der Waals surface area contributed by atoms with Crippen molar-refractivity contribution in [3.05, 3.63) is 55.9 Å². The molecule has 0 heterocycles. The number of esters is 1. The van der Waals surface area contributed by atoms with E-state index in [9.17, 15) is 4.79 Å². The quantitative estimate of drug-likeness (QED) is 0.472. The Morgan fingerprint density at radius 3 is 2.52 bits per heavy atom. The Morgan fingerprint density at radius 2 is 1.86 bits per heavy atom. The summed E-state index contributed by atoms with van der Waals surface area (Å²) in [5, 5.41) is 0.555. The van der Waals surface area contributed by atoms with Crippen LogP contribution in [0.25, 0.3) is 0 Å². The zero-order chi connectivity index (χ0) is 15.4. The van der Waals surface area contributed by atoms with E-state index in [4.69, 9.17) is 21.1 Å². The second kappa shape index (κ2) is 7.29. The minimum atomic E-state index is -0.497. The first-order valence-electron chi connectivity index (χ1n) is 6.11. The van der Waals surface area contributed by atoms with Crippen LogP contribution in [0.4, 0.5) is 0 Å². The van der Waals surface area contributed by atoms with Crippen molar-refractivity contribution in [3.8, 4) is 11.5 Å². The fraction of sp³-hybridized carbons (Fsp3) is 0.133. The lowest BCUT2D eigenvalue weighted by atomic mass is 10.2. The van der Waals surface area contributed by atoms with E-state index < -0.39 is 5.97 Å². The first-order chi connectivity index (χ1) is 10.0. The average Bonchev–Trinajstić information content (AvgIpc) is 2.44. The Morgan fingerprint density at radius 1 is 1.14 bits per heavy atom. The van der Waals surface area contributed by atoms with E-state index in [1.165, 1.54) is 0 Å². The van der Waals surface area contributed by atoms with Crippen LogP contribution in [-0.2, 0) is 0 Å². The number of halogens is 3. The predicted molar refractivity (Wildman–Crippen MR) is 89.4 cm³/mol. The second-order valence-electron chi connectivity index (χ2n) is 4.04. The minimum absolute atomic E-state index is 0.355. The highest BCUT2D eigenvalue weighted by atomic mass is 79.9. The van der Waals surface area contributed by atoms with Crippen LogP contribution >= 0.6 is 43.5 Å². The smallest absolute Gasteiger partial charge is 0.347 e. The molecular weight excluding hydrogens is 423 g/mol. The lowest BCUT2D eigenvalue weighted by Gasteiger charge is -2.11. The summed E-state index contributed by atoms with van der Waals surface area (Å²) in [4.78, 5) is 12.3. The van der Waals surface area contributed by atoms with Gasteiger partial charge in [0.1, 0.15) is 17.1 Å². The van der Waals surface area contributed by atoms with Gasteiger partial charge < -0.3 is 9.47 Å². The number of benzene rings is 2. The van der Waals surface area contributed by atoms with Gasteiger partial charge in [-0.2, -0.15) is 0 Å². The first-order valence-corrected chi connectivity index (χ1v) is 8.07. The summed E-state index contributed by atoms with van der Waals surface area (Å²) in [6, 6.07) is 10.1. The molecule has 0 unspecified atom stereocenters. The van der Waals surface area contributed by atoms with E-state index >= 15 is 0 Å². The fourth-order valence-electron chi connectivity index (χ4n) is 1.66. The molecule has 3 nitrogen and oxygen atoms in total. The molecule has 0 radical (unpaired) electrons. The number of ether oxygens (including phenoxy) is 2. The highest BCUT2D eigenvalue weighted by molar-refractivity contribution is 9.10. The van der Waals surface area contributed by atoms with Gasteiger partial charge in [-0.05, 0) is 59.3 Å². The van der Waals surface area contributed by atoms with Crippen molar-refractivity contribution in [2.24, 2.45) is 0 Å². The molecule has 0 aliphatic rings. The molecule has 110 valence electrons. The van der Waals surface area contributed by atoms with E-state index in [-0.39, 0.29) is 0 Å². The van der Waals surface area contributed by atoms with Crippen molar-refractivity contribution in [2.75, 3.05) is 6.61 Å². The Hall–Kier alpha value is -1.04. The second-order valence-corrected chi connectivity index (χ2v) is 6.24. The molecular formula is C15H11Br2ClO3. The molecule has 21 heavy (non-hydrogen) atoms. The molecule has 0 saturated heterocycles. The van der Waals surface area contributed by atoms with E-state index in [2.05, 4.69) is 31.9 Å². The Balaban J connectivity index is 2.29. The van der Waals surface area contributed by atoms with Crippen LogP contribution < -0.4 is 9.47 Å². The maximum atomic E-state index is 12.3. The van der Waals surface area contributed by atoms with E-state index in [1.807, 2.05) is 6.92 Å². The molecule has 0 fully saturated rings. The van der Waals surface area contributed by atoms with Crippen molar-refractivity contribution < 1.29 is 14.3 Å². The SMILES string of the molecule is CCOc1ccc(Br)cc1C(=O)Oc1ccc(Cl)cc1Br. The summed E-state index contributed by atoms with van der Waals surface area (Å²) in [6.45, 7) is 2.32. The molecule has 0 atom stereocenters. The standard InChI is InChI=1S/C15H11Br2ClO3/c1-2-20-13-5-3-9(16)7-11(13)15(19)21-14-6-4-10(18)8-12(14)17/h3-8H,2H2,1H3. The summed E-state index contributed by atoms with van der Waals surface area (Å²) in [5.41, 5.74) is 0.355. The van der Waals surface area contributed by atoms with Crippen LogP contribution in [0, 0.1) is 0 Å². The number of rotatable bonds is 4. The largest absolute Gasteiger partial charge is 0.493 e. The number of hydrogen-bond acceptors (Lipinski definition) is 3. The molecule has 2 rings (SSSR count). The maximum Gasteiger partial charge on any atom is 0.347 e. The average molecular weight is 435 g/mol. The molecule has 0 aromatic heterocycles. The van der Waals surface area contributed by atoms with Gasteiger partial charge >= 0.3 is 5.97 Å². The van der Waals surface area contributed by atoms with Crippen LogP contribution in [0.3, 0.4) is 0 Å². The molecule has 2 aromatic carbocycles. The third-order valence-electron chi connectivity index (χ3n) is 2.56. The van der Waals surface area contributed by atoms with Gasteiger partial charge in [-0.25, -0.2) is 4.79 Å². The third-order valence-corrected chi connectivity index (χ3v) is 3.91. The Bertz CT molecular complexity index is 674. The predicted octanol–water partition coefficient (Wildman–Crippen LogP) is 5.48. The monoisotopic (exact) mass is 432 g/mol. The zero-order valence-corrected chi connectivity index (χ0v) is 15.0. The van der Waals surface area contributed by atoms with Crippen LogP contribution in [0.15, 0.2) is 45.3 Å². The van der Waals surface area contributed by atoms with Crippen LogP contribution in [0.1, 0.15) is 17.3 Å². The number of carbonyl (C=O) groups excluding carboxylic acids is 1. The van der Waals surface area contributed by atoms with Gasteiger partial charge in [0, 0.05) is 9.50 Å². The van der Waals surface area contributed by atoms with Crippen molar-refractivity contribution in [2.45, 2.75) is 6.92 Å². The lowest BCUT2D eigenvalue weighted by Crippen LogP contribution is -2.11. The highest BCUT2D eigenvalue weighted by Gasteiger charge is 2.17. The van der Waals surface area contributed by atoms with Gasteiger partial charge in [-0.15, -0.1) is 0 Å². The van der Waals surface area contributed by atoms with Crippen LogP contribution in [-0.4, -0.2) is 12.6 Å². The van der Waals surface area contributed by atoms with Gasteiger partial charge in [0.05, 0.1) is 11.1 Å². The summed E-state index contributed by atoms with van der Waals surface area (Å²) in [6.07, 6.45) is 0. The van der Waals surface area contributed by atoms with Crippen molar-refractivity contribution in [1.29, 1.82) is 0 Å². The summed E-state index contributed by atoms with van der Waals surface area (Å²) >= 11 is 12.5. The zero-order valence-electron chi connectivity index (χ0n) is 11.0. The Labute approximate surface area is 144 Å². The minimum Gasteiger partial charge on any atom is -0.493 e. The molecule has 0 spiro atoms. The van der Waals surface area contributed by atoms with E-state index in [0.717, 1.165) is 4.47 Å². The van der Waals surface area contributed by atoms with Gasteiger partial charge in [0.2, 0.25) is 0 Å². The normalized spacial score (nSPS) is 10.3. The molecule has 0 bridgehead atoms. The topological polar surface area (TPSA) is 35.5 Å². The van der Waals surface area contributed by atoms with Crippen molar-refractivity contribution >= 4 is 49.4 Å².